The van der Waals surface area contributed by atoms with Gasteiger partial charge in [-0.05, 0) is 31.2 Å². The number of para-hydroxylation sites is 2. The van der Waals surface area contributed by atoms with Crippen molar-refractivity contribution in [2.24, 2.45) is 10.2 Å². The summed E-state index contributed by atoms with van der Waals surface area (Å²) < 4.78 is 3.02. The van der Waals surface area contributed by atoms with Crippen molar-refractivity contribution in [3.8, 4) is 17.4 Å². The highest BCUT2D eigenvalue weighted by molar-refractivity contribution is 5.57. The molecule has 0 spiro atoms. The fourth-order valence-corrected chi connectivity index (χ4v) is 3.39. The molecule has 0 bridgehead atoms. The van der Waals surface area contributed by atoms with Crippen LogP contribution in [0.15, 0.2) is 75.7 Å². The van der Waals surface area contributed by atoms with Crippen LogP contribution in [0.5, 0.6) is 0 Å². The molecular weight excluding hydrogens is 402 g/mol. The molecule has 4 aromatic rings. The van der Waals surface area contributed by atoms with Crippen molar-refractivity contribution in [1.82, 2.24) is 19.6 Å². The van der Waals surface area contributed by atoms with Gasteiger partial charge in [0.05, 0.1) is 22.8 Å². The van der Waals surface area contributed by atoms with E-state index in [1.807, 2.05) is 81.4 Å². The number of nitrogens with one attached hydrogen (secondary N) is 1. The van der Waals surface area contributed by atoms with Gasteiger partial charge in [0.1, 0.15) is 11.6 Å². The molecule has 0 saturated carbocycles. The Labute approximate surface area is 185 Å². The normalized spacial score (nSPS) is 11.7. The van der Waals surface area contributed by atoms with Crippen LogP contribution in [0, 0.1) is 18.3 Å². The molecule has 0 radical (unpaired) electrons. The van der Waals surface area contributed by atoms with Crippen molar-refractivity contribution in [2.45, 2.75) is 33.1 Å². The lowest BCUT2D eigenvalue weighted by molar-refractivity contribution is 0.559. The van der Waals surface area contributed by atoms with Crippen LogP contribution < -0.4 is 5.56 Å². The van der Waals surface area contributed by atoms with Crippen molar-refractivity contribution in [3.05, 3.63) is 88.0 Å². The topological polar surface area (TPSA) is 104 Å². The van der Waals surface area contributed by atoms with Gasteiger partial charge in [-0.3, -0.25) is 9.89 Å². The fourth-order valence-electron chi connectivity index (χ4n) is 3.39. The second kappa shape index (κ2) is 8.12. The summed E-state index contributed by atoms with van der Waals surface area (Å²) in [6, 6.07) is 20.9. The molecule has 0 unspecified atom stereocenters. The van der Waals surface area contributed by atoms with Crippen LogP contribution in [0.4, 0.5) is 11.5 Å². The smallest absolute Gasteiger partial charge is 0.293 e. The Bertz CT molecular complexity index is 1380. The summed E-state index contributed by atoms with van der Waals surface area (Å²) in [7, 11) is 0. The number of nitrogens with zero attached hydrogens (tertiary/aromatic N) is 6. The SMILES string of the molecule is Cc1[nH]n(-c2ccccc2)c(=O)c1N=Nc1c(C#N)c(C(C)(C)C)nn1-c1ccccc1. The van der Waals surface area contributed by atoms with E-state index in [0.29, 0.717) is 22.6 Å². The number of nitriles is 1. The zero-order valence-electron chi connectivity index (χ0n) is 18.4. The number of benzene rings is 2. The first-order chi connectivity index (χ1) is 15.3. The molecule has 0 aliphatic rings. The van der Waals surface area contributed by atoms with Gasteiger partial charge in [0.25, 0.3) is 5.56 Å². The van der Waals surface area contributed by atoms with Gasteiger partial charge in [0, 0.05) is 5.41 Å². The second-order valence-corrected chi connectivity index (χ2v) is 8.42. The van der Waals surface area contributed by atoms with Crippen LogP contribution in [0.1, 0.15) is 37.7 Å². The fraction of sp³-hybridized carbons (Fsp3) is 0.208. The summed E-state index contributed by atoms with van der Waals surface area (Å²) >= 11 is 0. The van der Waals surface area contributed by atoms with Crippen LogP contribution in [0.3, 0.4) is 0 Å². The first kappa shape index (κ1) is 21.0. The van der Waals surface area contributed by atoms with E-state index >= 15 is 0 Å². The highest BCUT2D eigenvalue weighted by Crippen LogP contribution is 2.34. The maximum Gasteiger partial charge on any atom is 0.299 e. The predicted molar refractivity (Wildman–Crippen MR) is 122 cm³/mol. The van der Waals surface area contributed by atoms with Crippen LogP contribution in [0.2, 0.25) is 0 Å². The van der Waals surface area contributed by atoms with E-state index in [-0.39, 0.29) is 22.5 Å². The molecule has 0 amide bonds. The van der Waals surface area contributed by atoms with Crippen molar-refractivity contribution >= 4 is 11.5 Å². The Hall–Kier alpha value is -4.25. The summed E-state index contributed by atoms with van der Waals surface area (Å²) in [5, 5.41) is 26.2. The average molecular weight is 425 g/mol. The molecule has 160 valence electrons. The minimum absolute atomic E-state index is 0.177. The molecule has 2 aromatic carbocycles. The maximum atomic E-state index is 13.0. The highest BCUT2D eigenvalue weighted by atomic mass is 16.1. The van der Waals surface area contributed by atoms with Gasteiger partial charge in [-0.25, -0.2) is 9.36 Å². The van der Waals surface area contributed by atoms with E-state index in [1.54, 1.807) is 11.6 Å². The second-order valence-electron chi connectivity index (χ2n) is 8.42. The quantitative estimate of drug-likeness (QED) is 0.452. The van der Waals surface area contributed by atoms with E-state index in [2.05, 4.69) is 26.5 Å². The molecular formula is C24H23N7O. The number of azo groups is 1. The van der Waals surface area contributed by atoms with E-state index < -0.39 is 0 Å². The zero-order chi connectivity index (χ0) is 22.9. The molecule has 1 N–H and O–H groups in total. The van der Waals surface area contributed by atoms with Gasteiger partial charge in [0.15, 0.2) is 11.5 Å². The molecule has 2 heterocycles. The molecule has 2 aromatic heterocycles. The summed E-state index contributed by atoms with van der Waals surface area (Å²) in [4.78, 5) is 13.0. The van der Waals surface area contributed by atoms with Gasteiger partial charge in [-0.15, -0.1) is 10.2 Å². The predicted octanol–water partition coefficient (Wildman–Crippen LogP) is 5.24. The van der Waals surface area contributed by atoms with Crippen LogP contribution >= 0.6 is 0 Å². The summed E-state index contributed by atoms with van der Waals surface area (Å²) in [6.07, 6.45) is 0. The van der Waals surface area contributed by atoms with Crippen molar-refractivity contribution in [1.29, 1.82) is 5.26 Å². The third kappa shape index (κ3) is 3.76. The maximum absolute atomic E-state index is 13.0. The van der Waals surface area contributed by atoms with E-state index in [4.69, 9.17) is 0 Å². The Balaban J connectivity index is 1.87. The molecule has 0 atom stereocenters. The van der Waals surface area contributed by atoms with Gasteiger partial charge in [0.2, 0.25) is 0 Å². The van der Waals surface area contributed by atoms with E-state index in [0.717, 1.165) is 5.69 Å². The number of aryl methyl sites for hydroxylation is 1. The molecule has 8 heteroatoms. The number of rotatable bonds is 4. The van der Waals surface area contributed by atoms with Gasteiger partial charge >= 0.3 is 0 Å². The average Bonchev–Trinajstić information content (AvgIpc) is 3.30. The molecule has 0 fully saturated rings. The number of hydrogen-bond acceptors (Lipinski definition) is 5. The number of aromatic nitrogens is 4. The monoisotopic (exact) mass is 425 g/mol. The van der Waals surface area contributed by atoms with Gasteiger partial charge in [-0.1, -0.05) is 57.2 Å². The lowest BCUT2D eigenvalue weighted by Crippen LogP contribution is -2.14. The Morgan fingerprint density at radius 2 is 1.56 bits per heavy atom. The van der Waals surface area contributed by atoms with Crippen molar-refractivity contribution < 1.29 is 0 Å². The van der Waals surface area contributed by atoms with Crippen LogP contribution in [-0.2, 0) is 5.41 Å². The Kier molecular flexibility index (Phi) is 5.33. The summed E-state index contributed by atoms with van der Waals surface area (Å²) in [5.74, 6) is 0.287. The first-order valence-electron chi connectivity index (χ1n) is 10.2. The molecule has 0 saturated heterocycles. The molecule has 32 heavy (non-hydrogen) atoms. The van der Waals surface area contributed by atoms with Gasteiger partial charge in [-0.2, -0.15) is 10.4 Å². The lowest BCUT2D eigenvalue weighted by atomic mass is 9.90. The Morgan fingerprint density at radius 1 is 0.969 bits per heavy atom. The summed E-state index contributed by atoms with van der Waals surface area (Å²) in [6.45, 7) is 7.72. The zero-order valence-corrected chi connectivity index (χ0v) is 18.4. The molecule has 0 aliphatic carbocycles. The Morgan fingerprint density at radius 3 is 2.12 bits per heavy atom. The van der Waals surface area contributed by atoms with Crippen molar-refractivity contribution in [3.63, 3.8) is 0 Å². The van der Waals surface area contributed by atoms with E-state index in [1.165, 1.54) is 4.68 Å². The molecule has 8 nitrogen and oxygen atoms in total. The third-order valence-electron chi connectivity index (χ3n) is 4.98. The molecule has 0 aliphatic heterocycles. The standard InChI is InChI=1S/C24H23N7O/c1-16-20(23(32)31(28-16)18-13-9-6-10-14-18)26-27-22-19(15-25)21(24(2,3)4)29-30(22)17-11-7-5-8-12-17/h5-14,28H,1-4H3. The minimum atomic E-state index is -0.376. The van der Waals surface area contributed by atoms with Crippen molar-refractivity contribution in [2.75, 3.05) is 0 Å². The lowest BCUT2D eigenvalue weighted by Gasteiger charge is -2.14. The minimum Gasteiger partial charge on any atom is -0.293 e. The molecule has 4 rings (SSSR count). The van der Waals surface area contributed by atoms with E-state index in [9.17, 15) is 10.1 Å². The number of aromatic amines is 1. The van der Waals surface area contributed by atoms with Crippen LogP contribution in [0.25, 0.3) is 11.4 Å². The number of H-pyrrole nitrogens is 1. The third-order valence-corrected chi connectivity index (χ3v) is 4.98. The summed E-state index contributed by atoms with van der Waals surface area (Å²) in [5.41, 5.74) is 2.45. The van der Waals surface area contributed by atoms with Crippen LogP contribution in [-0.4, -0.2) is 19.6 Å². The first-order valence-corrected chi connectivity index (χ1v) is 10.2. The highest BCUT2D eigenvalue weighted by Gasteiger charge is 2.28. The van der Waals surface area contributed by atoms with Gasteiger partial charge < -0.3 is 0 Å². The largest absolute Gasteiger partial charge is 0.299 e. The number of hydrogen-bond donors (Lipinski definition) is 1.